The fourth-order valence-electron chi connectivity index (χ4n) is 4.18. The number of hydrogen-bond acceptors (Lipinski definition) is 2. The minimum absolute atomic E-state index is 0.301. The van der Waals surface area contributed by atoms with Crippen molar-refractivity contribution in [1.29, 1.82) is 0 Å². The van der Waals surface area contributed by atoms with Crippen LogP contribution in [-0.2, 0) is 0 Å². The highest BCUT2D eigenvalue weighted by atomic mass is 15.4. The first-order valence-corrected chi connectivity index (χ1v) is 8.29. The molecule has 4 rings (SSSR count). The maximum absolute atomic E-state index is 2.58. The molecular formula is C20H24N2. The number of allylic oxidation sites excluding steroid dienone is 3. The summed E-state index contributed by atoms with van der Waals surface area (Å²) in [6.45, 7) is 9.04. The van der Waals surface area contributed by atoms with Gasteiger partial charge in [0.2, 0.25) is 0 Å². The van der Waals surface area contributed by atoms with Crippen LogP contribution in [0.15, 0.2) is 54.5 Å². The van der Waals surface area contributed by atoms with Crippen LogP contribution in [0.3, 0.4) is 0 Å². The maximum atomic E-state index is 2.58. The van der Waals surface area contributed by atoms with Gasteiger partial charge in [0.05, 0.1) is 0 Å². The maximum Gasteiger partial charge on any atom is 0.133 e. The normalized spacial score (nSPS) is 36.0. The highest BCUT2D eigenvalue weighted by Gasteiger charge is 2.55. The molecule has 2 heterocycles. The van der Waals surface area contributed by atoms with Gasteiger partial charge in [0.1, 0.15) is 6.17 Å². The molecule has 1 fully saturated rings. The molecule has 3 atom stereocenters. The van der Waals surface area contributed by atoms with Crippen molar-refractivity contribution in [2.24, 2.45) is 5.92 Å². The zero-order chi connectivity index (χ0) is 15.5. The van der Waals surface area contributed by atoms with Gasteiger partial charge in [-0.1, -0.05) is 43.3 Å². The summed E-state index contributed by atoms with van der Waals surface area (Å²) < 4.78 is 0. The third-order valence-corrected chi connectivity index (χ3v) is 5.77. The van der Waals surface area contributed by atoms with Gasteiger partial charge >= 0.3 is 0 Å². The Morgan fingerprint density at radius 3 is 2.50 bits per heavy atom. The van der Waals surface area contributed by atoms with Crippen LogP contribution in [0.25, 0.3) is 5.57 Å². The van der Waals surface area contributed by atoms with E-state index in [4.69, 9.17) is 0 Å². The minimum atomic E-state index is 0.301. The predicted octanol–water partition coefficient (Wildman–Crippen LogP) is 4.89. The van der Waals surface area contributed by atoms with E-state index < -0.39 is 0 Å². The number of fused-ring (bicyclic) bond motifs is 3. The Morgan fingerprint density at radius 1 is 1.14 bits per heavy atom. The van der Waals surface area contributed by atoms with Gasteiger partial charge in [0, 0.05) is 34.8 Å². The van der Waals surface area contributed by atoms with Gasteiger partial charge < -0.3 is 9.80 Å². The van der Waals surface area contributed by atoms with Gasteiger partial charge in [-0.15, -0.1) is 0 Å². The summed E-state index contributed by atoms with van der Waals surface area (Å²) in [7, 11) is 0. The molecule has 22 heavy (non-hydrogen) atoms. The van der Waals surface area contributed by atoms with Crippen molar-refractivity contribution in [3.63, 3.8) is 0 Å². The van der Waals surface area contributed by atoms with Crippen LogP contribution in [0.1, 0.15) is 51.4 Å². The second-order valence-corrected chi connectivity index (χ2v) is 6.91. The minimum Gasteiger partial charge on any atom is -0.346 e. The van der Waals surface area contributed by atoms with Crippen LogP contribution in [-0.4, -0.2) is 15.3 Å². The van der Waals surface area contributed by atoms with E-state index in [9.17, 15) is 0 Å². The third-order valence-electron chi connectivity index (χ3n) is 5.77. The standard InChI is InChI=1S/C20H24N2/c1-5-15-16-9-7-8-10-17(16)19-21(18(15)6-2)11-12-22(19)20(4)13-14(20)3/h5-12,14,19H,13H2,1-4H3/b15-5?,18-6+. The Bertz CT molecular complexity index is 712. The summed E-state index contributed by atoms with van der Waals surface area (Å²) in [5.41, 5.74) is 5.77. The Labute approximate surface area is 133 Å². The average Bonchev–Trinajstić information content (AvgIpc) is 2.97. The number of benzene rings is 1. The summed E-state index contributed by atoms with van der Waals surface area (Å²) in [4.78, 5) is 5.01. The Kier molecular flexibility index (Phi) is 2.81. The van der Waals surface area contributed by atoms with Gasteiger partial charge in [-0.25, -0.2) is 0 Å². The zero-order valence-corrected chi connectivity index (χ0v) is 13.9. The van der Waals surface area contributed by atoms with E-state index in [1.807, 2.05) is 0 Å². The fraction of sp³-hybridized carbons (Fsp3) is 0.400. The number of nitrogens with zero attached hydrogens (tertiary/aromatic N) is 2. The SMILES string of the molecule is CC=C1/C(=C\C)N2C=CN(C3(C)CC3C)C2c2ccccc21. The fourth-order valence-corrected chi connectivity index (χ4v) is 4.18. The lowest BCUT2D eigenvalue weighted by atomic mass is 9.89. The van der Waals surface area contributed by atoms with Crippen LogP contribution < -0.4 is 0 Å². The molecule has 0 spiro atoms. The van der Waals surface area contributed by atoms with Crippen molar-refractivity contribution in [2.45, 2.75) is 45.8 Å². The quantitative estimate of drug-likeness (QED) is 0.727. The second-order valence-electron chi connectivity index (χ2n) is 6.91. The smallest absolute Gasteiger partial charge is 0.133 e. The van der Waals surface area contributed by atoms with E-state index in [2.05, 4.69) is 86.3 Å². The topological polar surface area (TPSA) is 6.48 Å². The monoisotopic (exact) mass is 292 g/mol. The van der Waals surface area contributed by atoms with E-state index in [1.165, 1.54) is 28.8 Å². The van der Waals surface area contributed by atoms with Crippen molar-refractivity contribution in [3.05, 3.63) is 65.6 Å². The van der Waals surface area contributed by atoms with Gasteiger partial charge in [-0.2, -0.15) is 0 Å². The second kappa shape index (κ2) is 4.52. The first-order chi connectivity index (χ1) is 10.6. The molecule has 114 valence electrons. The molecule has 1 aromatic rings. The lowest BCUT2D eigenvalue weighted by molar-refractivity contribution is 0.123. The molecule has 1 aliphatic carbocycles. The molecule has 2 nitrogen and oxygen atoms in total. The van der Waals surface area contributed by atoms with Gasteiger partial charge in [-0.3, -0.25) is 0 Å². The summed E-state index contributed by atoms with van der Waals surface area (Å²) >= 11 is 0. The van der Waals surface area contributed by atoms with Crippen LogP contribution in [0, 0.1) is 5.92 Å². The van der Waals surface area contributed by atoms with Crippen molar-refractivity contribution >= 4 is 5.57 Å². The first kappa shape index (κ1) is 13.7. The van der Waals surface area contributed by atoms with Crippen LogP contribution in [0.4, 0.5) is 0 Å². The summed E-state index contributed by atoms with van der Waals surface area (Å²) in [5.74, 6) is 0.765. The molecule has 3 aliphatic rings. The van der Waals surface area contributed by atoms with E-state index in [0.717, 1.165) is 5.92 Å². The number of hydrogen-bond donors (Lipinski definition) is 0. The molecule has 2 aliphatic heterocycles. The van der Waals surface area contributed by atoms with Crippen molar-refractivity contribution in [1.82, 2.24) is 9.80 Å². The van der Waals surface area contributed by atoms with Gasteiger partial charge in [0.25, 0.3) is 0 Å². The molecule has 0 radical (unpaired) electrons. The Balaban J connectivity index is 1.89. The Hall–Kier alpha value is -1.96. The van der Waals surface area contributed by atoms with Crippen LogP contribution >= 0.6 is 0 Å². The third kappa shape index (κ3) is 1.61. The first-order valence-electron chi connectivity index (χ1n) is 8.29. The van der Waals surface area contributed by atoms with E-state index >= 15 is 0 Å². The number of rotatable bonds is 1. The lowest BCUT2D eigenvalue weighted by Crippen LogP contribution is -2.40. The van der Waals surface area contributed by atoms with Crippen molar-refractivity contribution in [2.75, 3.05) is 0 Å². The molecule has 2 heteroatoms. The van der Waals surface area contributed by atoms with E-state index in [1.54, 1.807) is 0 Å². The summed E-state index contributed by atoms with van der Waals surface area (Å²) in [6.07, 6.45) is 10.6. The largest absolute Gasteiger partial charge is 0.346 e. The molecule has 0 bridgehead atoms. The molecule has 0 N–H and O–H groups in total. The molecule has 3 unspecified atom stereocenters. The van der Waals surface area contributed by atoms with Gasteiger partial charge in [0.15, 0.2) is 0 Å². The molecule has 1 aromatic carbocycles. The molecule has 0 aromatic heterocycles. The molecule has 1 saturated carbocycles. The van der Waals surface area contributed by atoms with Crippen LogP contribution in [0.5, 0.6) is 0 Å². The predicted molar refractivity (Wildman–Crippen MR) is 91.6 cm³/mol. The molecular weight excluding hydrogens is 268 g/mol. The highest BCUT2D eigenvalue weighted by Crippen LogP contribution is 2.56. The van der Waals surface area contributed by atoms with Crippen LogP contribution in [0.2, 0.25) is 0 Å². The van der Waals surface area contributed by atoms with E-state index in [0.29, 0.717) is 11.7 Å². The zero-order valence-electron chi connectivity index (χ0n) is 13.9. The van der Waals surface area contributed by atoms with Crippen molar-refractivity contribution < 1.29 is 0 Å². The molecule has 0 amide bonds. The Morgan fingerprint density at radius 2 is 1.86 bits per heavy atom. The lowest BCUT2D eigenvalue weighted by Gasteiger charge is -2.43. The highest BCUT2D eigenvalue weighted by molar-refractivity contribution is 5.82. The summed E-state index contributed by atoms with van der Waals surface area (Å²) in [6, 6.07) is 8.87. The van der Waals surface area contributed by atoms with E-state index in [-0.39, 0.29) is 0 Å². The van der Waals surface area contributed by atoms with Gasteiger partial charge in [-0.05, 0) is 38.7 Å². The molecule has 0 saturated heterocycles. The summed E-state index contributed by atoms with van der Waals surface area (Å²) in [5, 5.41) is 0. The van der Waals surface area contributed by atoms with Crippen molar-refractivity contribution in [3.8, 4) is 0 Å². The average molecular weight is 292 g/mol.